The highest BCUT2D eigenvalue weighted by atomic mass is 19.1. The fraction of sp³-hybridized carbons (Fsp3) is 0.467. The Labute approximate surface area is 123 Å². The van der Waals surface area contributed by atoms with Crippen molar-refractivity contribution in [2.75, 3.05) is 0 Å². The predicted molar refractivity (Wildman–Crippen MR) is 75.5 cm³/mol. The summed E-state index contributed by atoms with van der Waals surface area (Å²) in [6, 6.07) is 3.49. The molecule has 0 aliphatic rings. The lowest BCUT2D eigenvalue weighted by molar-refractivity contribution is -0.137. The van der Waals surface area contributed by atoms with Crippen LogP contribution >= 0.6 is 0 Å². The van der Waals surface area contributed by atoms with E-state index in [2.05, 4.69) is 5.32 Å². The molecule has 2 N–H and O–H groups in total. The quantitative estimate of drug-likeness (QED) is 0.895. The molecule has 0 heterocycles. The van der Waals surface area contributed by atoms with Crippen LogP contribution in [0.15, 0.2) is 18.2 Å². The third-order valence-electron chi connectivity index (χ3n) is 2.67. The molecular weight excluding hydrogens is 277 g/mol. The molecule has 21 heavy (non-hydrogen) atoms. The third-order valence-corrected chi connectivity index (χ3v) is 2.67. The summed E-state index contributed by atoms with van der Waals surface area (Å²) in [7, 11) is 0. The lowest BCUT2D eigenvalue weighted by Gasteiger charge is -2.23. The Bertz CT molecular complexity index is 537. The summed E-state index contributed by atoms with van der Waals surface area (Å²) in [5.74, 6) is -1.55. The zero-order valence-corrected chi connectivity index (χ0v) is 12.6. The molecule has 6 heteroatoms. The fourth-order valence-electron chi connectivity index (χ4n) is 1.70. The van der Waals surface area contributed by atoms with Crippen LogP contribution in [0.2, 0.25) is 0 Å². The van der Waals surface area contributed by atoms with Gasteiger partial charge in [0.15, 0.2) is 0 Å². The van der Waals surface area contributed by atoms with Crippen molar-refractivity contribution in [1.29, 1.82) is 0 Å². The highest BCUT2D eigenvalue weighted by Gasteiger charge is 2.23. The van der Waals surface area contributed by atoms with Crippen LogP contribution in [0, 0.1) is 12.7 Å². The summed E-state index contributed by atoms with van der Waals surface area (Å²) in [5, 5.41) is 11.4. The van der Waals surface area contributed by atoms with Crippen molar-refractivity contribution < 1.29 is 23.8 Å². The first kappa shape index (κ1) is 16.9. The number of aliphatic carboxylic acids is 1. The molecule has 1 amide bonds. The minimum Gasteiger partial charge on any atom is -0.481 e. The van der Waals surface area contributed by atoms with Gasteiger partial charge in [-0.05, 0) is 44.9 Å². The summed E-state index contributed by atoms with van der Waals surface area (Å²) in [6.07, 6.45) is -1.10. The van der Waals surface area contributed by atoms with Crippen molar-refractivity contribution >= 4 is 12.1 Å². The molecule has 0 aromatic heterocycles. The second-order valence-electron chi connectivity index (χ2n) is 5.81. The van der Waals surface area contributed by atoms with Gasteiger partial charge in [0.05, 0.1) is 12.5 Å². The molecular formula is C15H20FNO4. The molecule has 116 valence electrons. The molecule has 1 aromatic carbocycles. The summed E-state index contributed by atoms with van der Waals surface area (Å²) in [6.45, 7) is 6.70. The van der Waals surface area contributed by atoms with E-state index in [0.29, 0.717) is 11.1 Å². The number of ether oxygens (including phenoxy) is 1. The van der Waals surface area contributed by atoms with E-state index in [1.165, 1.54) is 12.1 Å². The van der Waals surface area contributed by atoms with Crippen LogP contribution in [-0.2, 0) is 9.53 Å². The highest BCUT2D eigenvalue weighted by molar-refractivity contribution is 5.72. The lowest BCUT2D eigenvalue weighted by atomic mass is 10.0. The molecule has 0 spiro atoms. The molecule has 1 rings (SSSR count). The average Bonchev–Trinajstić information content (AvgIpc) is 2.28. The maximum Gasteiger partial charge on any atom is 0.408 e. The molecule has 1 atom stereocenters. The van der Waals surface area contributed by atoms with Crippen LogP contribution in [-0.4, -0.2) is 22.8 Å². The van der Waals surface area contributed by atoms with Crippen molar-refractivity contribution in [3.8, 4) is 0 Å². The minimum atomic E-state index is -1.10. The van der Waals surface area contributed by atoms with Crippen LogP contribution in [0.4, 0.5) is 9.18 Å². The number of halogens is 1. The van der Waals surface area contributed by atoms with E-state index in [0.717, 1.165) is 0 Å². The Balaban J connectivity index is 2.92. The lowest BCUT2D eigenvalue weighted by Crippen LogP contribution is -2.35. The van der Waals surface area contributed by atoms with Gasteiger partial charge in [-0.1, -0.05) is 12.1 Å². The molecule has 0 aliphatic carbocycles. The van der Waals surface area contributed by atoms with Crippen molar-refractivity contribution in [3.63, 3.8) is 0 Å². The number of alkyl carbamates (subject to hydrolysis) is 1. The second-order valence-corrected chi connectivity index (χ2v) is 5.81. The van der Waals surface area contributed by atoms with E-state index in [9.17, 15) is 14.0 Å². The van der Waals surface area contributed by atoms with Crippen molar-refractivity contribution in [3.05, 3.63) is 35.1 Å². The van der Waals surface area contributed by atoms with E-state index >= 15 is 0 Å². The number of amides is 1. The van der Waals surface area contributed by atoms with Gasteiger partial charge in [-0.25, -0.2) is 9.18 Å². The Morgan fingerprint density at radius 2 is 2.00 bits per heavy atom. The second kappa shape index (κ2) is 6.56. The topological polar surface area (TPSA) is 75.6 Å². The Morgan fingerprint density at radius 1 is 1.38 bits per heavy atom. The average molecular weight is 297 g/mol. The smallest absolute Gasteiger partial charge is 0.408 e. The Morgan fingerprint density at radius 3 is 2.48 bits per heavy atom. The number of benzene rings is 1. The zero-order chi connectivity index (χ0) is 16.2. The standard InChI is InChI=1S/C15H20FNO4/c1-9-5-6-10(7-11(9)16)12(8-13(18)19)17-14(20)21-15(2,3)4/h5-7,12H,8H2,1-4H3,(H,17,20)(H,18,19)/t12-/m0/s1. The SMILES string of the molecule is Cc1ccc([C@H](CC(=O)O)NC(=O)OC(C)(C)C)cc1F. The molecule has 0 saturated carbocycles. The van der Waals surface area contributed by atoms with E-state index < -0.39 is 29.5 Å². The number of rotatable bonds is 4. The summed E-state index contributed by atoms with van der Waals surface area (Å²) in [5.41, 5.74) is 0.132. The fourth-order valence-corrected chi connectivity index (χ4v) is 1.70. The number of carboxylic acids is 1. The molecule has 0 fully saturated rings. The number of aryl methyl sites for hydroxylation is 1. The number of hydrogen-bond donors (Lipinski definition) is 2. The van der Waals surface area contributed by atoms with E-state index in [-0.39, 0.29) is 6.42 Å². The summed E-state index contributed by atoms with van der Waals surface area (Å²) < 4.78 is 18.7. The monoisotopic (exact) mass is 297 g/mol. The van der Waals surface area contributed by atoms with Crippen LogP contribution in [0.5, 0.6) is 0 Å². The predicted octanol–water partition coefficient (Wildman–Crippen LogP) is 3.17. The molecule has 0 radical (unpaired) electrons. The van der Waals surface area contributed by atoms with Gasteiger partial charge in [0.25, 0.3) is 0 Å². The number of carbonyl (C=O) groups is 2. The Kier molecular flexibility index (Phi) is 5.29. The number of carbonyl (C=O) groups excluding carboxylic acids is 1. The largest absolute Gasteiger partial charge is 0.481 e. The van der Waals surface area contributed by atoms with Crippen LogP contribution in [0.3, 0.4) is 0 Å². The third kappa shape index (κ3) is 5.81. The molecule has 0 saturated heterocycles. The van der Waals surface area contributed by atoms with E-state index in [4.69, 9.17) is 9.84 Å². The van der Waals surface area contributed by atoms with Gasteiger partial charge in [0.1, 0.15) is 11.4 Å². The molecule has 1 aromatic rings. The number of carboxylic acid groups (broad SMARTS) is 1. The maximum absolute atomic E-state index is 13.6. The molecule has 0 aliphatic heterocycles. The van der Waals surface area contributed by atoms with Gasteiger partial charge < -0.3 is 15.2 Å². The van der Waals surface area contributed by atoms with Crippen LogP contribution in [0.25, 0.3) is 0 Å². The van der Waals surface area contributed by atoms with Crippen molar-refractivity contribution in [2.45, 2.75) is 45.8 Å². The van der Waals surface area contributed by atoms with Gasteiger partial charge in [-0.2, -0.15) is 0 Å². The highest BCUT2D eigenvalue weighted by Crippen LogP contribution is 2.20. The first-order chi connectivity index (χ1) is 9.58. The van der Waals surface area contributed by atoms with Crippen LogP contribution < -0.4 is 5.32 Å². The first-order valence-electron chi connectivity index (χ1n) is 6.56. The van der Waals surface area contributed by atoms with Crippen molar-refractivity contribution in [1.82, 2.24) is 5.32 Å². The van der Waals surface area contributed by atoms with Crippen LogP contribution in [0.1, 0.15) is 44.4 Å². The zero-order valence-electron chi connectivity index (χ0n) is 12.6. The Hall–Kier alpha value is -2.11. The van der Waals surface area contributed by atoms with Gasteiger partial charge >= 0.3 is 12.1 Å². The molecule has 0 unspecified atom stereocenters. The summed E-state index contributed by atoms with van der Waals surface area (Å²) in [4.78, 5) is 22.7. The van der Waals surface area contributed by atoms with Crippen molar-refractivity contribution in [2.24, 2.45) is 0 Å². The summed E-state index contributed by atoms with van der Waals surface area (Å²) >= 11 is 0. The number of nitrogens with one attached hydrogen (secondary N) is 1. The normalized spacial score (nSPS) is 12.6. The molecule has 5 nitrogen and oxygen atoms in total. The van der Waals surface area contributed by atoms with Gasteiger partial charge in [-0.3, -0.25) is 4.79 Å². The van der Waals surface area contributed by atoms with Gasteiger partial charge in [-0.15, -0.1) is 0 Å². The van der Waals surface area contributed by atoms with Gasteiger partial charge in [0, 0.05) is 0 Å². The van der Waals surface area contributed by atoms with E-state index in [1.807, 2.05) is 0 Å². The number of hydrogen-bond acceptors (Lipinski definition) is 3. The molecule has 0 bridgehead atoms. The maximum atomic E-state index is 13.6. The first-order valence-corrected chi connectivity index (χ1v) is 6.56. The van der Waals surface area contributed by atoms with Gasteiger partial charge in [0.2, 0.25) is 0 Å². The van der Waals surface area contributed by atoms with E-state index in [1.54, 1.807) is 33.8 Å². The minimum absolute atomic E-state index is 0.359.